The molecule has 1 amide bonds. The first-order chi connectivity index (χ1) is 20.2. The highest BCUT2D eigenvalue weighted by molar-refractivity contribution is 7.57. The van der Waals surface area contributed by atoms with Crippen molar-refractivity contribution in [3.8, 4) is 5.75 Å². The number of carbonyl (C=O) groups is 2. The molecule has 18 heteroatoms. The number of aromatic nitrogens is 2. The van der Waals surface area contributed by atoms with Crippen molar-refractivity contribution in [3.05, 3.63) is 52.6 Å². The summed E-state index contributed by atoms with van der Waals surface area (Å²) in [6.45, 7) is 3.71. The lowest BCUT2D eigenvalue weighted by atomic mass is 10.1. The predicted molar refractivity (Wildman–Crippen MR) is 145 cm³/mol. The highest BCUT2D eigenvalue weighted by Gasteiger charge is 2.59. The zero-order valence-corrected chi connectivity index (χ0v) is 24.5. The van der Waals surface area contributed by atoms with Gasteiger partial charge in [-0.05, 0) is 44.5 Å². The smallest absolute Gasteiger partial charge is 0.413 e. The van der Waals surface area contributed by atoms with E-state index in [1.165, 1.54) is 38.3 Å². The van der Waals surface area contributed by atoms with Crippen LogP contribution in [0.4, 0.5) is 19.4 Å². The molecule has 15 nitrogen and oxygen atoms in total. The fourth-order valence-electron chi connectivity index (χ4n) is 3.83. The highest BCUT2D eigenvalue weighted by Crippen LogP contribution is 2.44. The Balaban J connectivity index is 1.56. The number of nitrogens with one attached hydrogen (secondary N) is 2. The van der Waals surface area contributed by atoms with Gasteiger partial charge in [0, 0.05) is 13.3 Å². The minimum absolute atomic E-state index is 0.171. The van der Waals surface area contributed by atoms with E-state index in [0.717, 1.165) is 12.3 Å². The quantitative estimate of drug-likeness (QED) is 0.185. The second kappa shape index (κ2) is 14.3. The standard InChI is InChI=1S/C25H33F2N4O11P/c1-14(2)40-21(34)15(3)30-43(37,13-38-4)42-17-7-5-16(6-8-17)12-39-24(36)29-19-9-10-31(23(35)28-19)22-25(26,27)20(33)18(11-32)41-22/h5-10,14-15,18,20,22,32-33H,11-13H2,1-4H3,(H,30,37)(H,28,29,35,36)/t15-,18+,20-,22?,43?/m0/s1. The van der Waals surface area contributed by atoms with Gasteiger partial charge in [-0.2, -0.15) is 13.8 Å². The summed E-state index contributed by atoms with van der Waals surface area (Å²) in [6.07, 6.45) is -6.97. The summed E-state index contributed by atoms with van der Waals surface area (Å²) in [6, 6.07) is 6.05. The maximum Gasteiger partial charge on any atom is 0.413 e. The lowest BCUT2D eigenvalue weighted by molar-refractivity contribution is -0.149. The van der Waals surface area contributed by atoms with Crippen molar-refractivity contribution in [1.29, 1.82) is 0 Å². The van der Waals surface area contributed by atoms with Gasteiger partial charge < -0.3 is 33.7 Å². The van der Waals surface area contributed by atoms with Gasteiger partial charge in [0.25, 0.3) is 0 Å². The van der Waals surface area contributed by atoms with Gasteiger partial charge in [-0.25, -0.2) is 14.7 Å². The number of alkyl halides is 2. The van der Waals surface area contributed by atoms with E-state index in [2.05, 4.69) is 15.4 Å². The third-order valence-electron chi connectivity index (χ3n) is 5.81. The predicted octanol–water partition coefficient (Wildman–Crippen LogP) is 1.98. The second-order valence-corrected chi connectivity index (χ2v) is 11.7. The minimum atomic E-state index is -3.88. The summed E-state index contributed by atoms with van der Waals surface area (Å²) >= 11 is 0. The molecule has 4 N–H and O–H groups in total. The molecule has 0 radical (unpaired) electrons. The normalized spacial score (nSPS) is 21.6. The number of hydrogen-bond donors (Lipinski definition) is 4. The summed E-state index contributed by atoms with van der Waals surface area (Å²) in [5.41, 5.74) is -0.720. The van der Waals surface area contributed by atoms with Crippen LogP contribution in [-0.2, 0) is 34.9 Å². The molecule has 1 aromatic heterocycles. The molecule has 1 aliphatic rings. The molecule has 238 valence electrons. The number of halogens is 2. The molecule has 5 atom stereocenters. The van der Waals surface area contributed by atoms with Crippen LogP contribution in [0.1, 0.15) is 32.6 Å². The molecule has 1 fully saturated rings. The Morgan fingerprint density at radius 2 is 1.88 bits per heavy atom. The van der Waals surface area contributed by atoms with E-state index in [4.69, 9.17) is 28.6 Å². The highest BCUT2D eigenvalue weighted by atomic mass is 31.2. The summed E-state index contributed by atoms with van der Waals surface area (Å²) < 4.78 is 68.0. The third kappa shape index (κ3) is 8.78. The van der Waals surface area contributed by atoms with Crippen molar-refractivity contribution in [2.45, 2.75) is 63.9 Å². The number of esters is 1. The van der Waals surface area contributed by atoms with Crippen molar-refractivity contribution in [3.63, 3.8) is 0 Å². The van der Waals surface area contributed by atoms with E-state index in [0.29, 0.717) is 10.1 Å². The van der Waals surface area contributed by atoms with Crippen LogP contribution in [-0.4, -0.2) is 82.2 Å². The number of nitrogens with zero attached hydrogens (tertiary/aromatic N) is 2. The minimum Gasteiger partial charge on any atom is -0.462 e. The van der Waals surface area contributed by atoms with E-state index >= 15 is 0 Å². The van der Waals surface area contributed by atoms with E-state index in [-0.39, 0.29) is 30.6 Å². The fraction of sp³-hybridized carbons (Fsp3) is 0.520. The number of rotatable bonds is 13. The lowest BCUT2D eigenvalue weighted by Crippen LogP contribution is -2.41. The molecule has 0 bridgehead atoms. The monoisotopic (exact) mass is 634 g/mol. The molecule has 0 aliphatic carbocycles. The van der Waals surface area contributed by atoms with Gasteiger partial charge in [0.15, 0.2) is 6.10 Å². The summed E-state index contributed by atoms with van der Waals surface area (Å²) in [5, 5.41) is 23.6. The maximum atomic E-state index is 14.3. The first kappa shape index (κ1) is 34.0. The van der Waals surface area contributed by atoms with E-state index in [1.54, 1.807) is 13.8 Å². The first-order valence-electron chi connectivity index (χ1n) is 12.9. The average molecular weight is 635 g/mol. The summed E-state index contributed by atoms with van der Waals surface area (Å²) in [7, 11) is -2.36. The Morgan fingerprint density at radius 3 is 2.44 bits per heavy atom. The molecule has 1 aliphatic heterocycles. The van der Waals surface area contributed by atoms with Crippen molar-refractivity contribution in [1.82, 2.24) is 14.6 Å². The van der Waals surface area contributed by atoms with Crippen molar-refractivity contribution in [2.75, 3.05) is 25.4 Å². The number of amides is 1. The molecule has 0 spiro atoms. The SMILES string of the molecule is COCP(=O)(N[C@@H](C)C(=O)OC(C)C)Oc1ccc(COC(=O)Nc2ccn(C3O[C@H](CO)[C@H](O)C3(F)F)c(=O)n2)cc1. The van der Waals surface area contributed by atoms with Crippen molar-refractivity contribution >= 4 is 25.4 Å². The molecular weight excluding hydrogens is 601 g/mol. The Bertz CT molecular complexity index is 1380. The number of carbonyl (C=O) groups excluding carboxylic acids is 2. The van der Waals surface area contributed by atoms with Gasteiger partial charge in [-0.1, -0.05) is 12.1 Å². The Morgan fingerprint density at radius 1 is 1.21 bits per heavy atom. The van der Waals surface area contributed by atoms with Gasteiger partial charge in [0.05, 0.1) is 12.7 Å². The molecule has 2 unspecified atom stereocenters. The average Bonchev–Trinajstić information content (AvgIpc) is 3.15. The van der Waals surface area contributed by atoms with Crippen LogP contribution in [0.5, 0.6) is 5.75 Å². The van der Waals surface area contributed by atoms with Gasteiger partial charge >= 0.3 is 31.2 Å². The van der Waals surface area contributed by atoms with Crippen LogP contribution in [0.3, 0.4) is 0 Å². The van der Waals surface area contributed by atoms with Gasteiger partial charge in [0.2, 0.25) is 6.23 Å². The Kier molecular flexibility index (Phi) is 11.3. The molecule has 43 heavy (non-hydrogen) atoms. The van der Waals surface area contributed by atoms with Gasteiger partial charge in [0.1, 0.15) is 36.7 Å². The topological polar surface area (TPSA) is 197 Å². The third-order valence-corrected chi connectivity index (χ3v) is 7.70. The zero-order valence-electron chi connectivity index (χ0n) is 23.6. The Hall–Kier alpha value is -3.47. The zero-order chi connectivity index (χ0) is 31.9. The number of anilines is 1. The molecule has 1 saturated heterocycles. The Labute approximate surface area is 244 Å². The van der Waals surface area contributed by atoms with Crippen LogP contribution >= 0.6 is 7.52 Å². The van der Waals surface area contributed by atoms with Crippen molar-refractivity contribution in [2.24, 2.45) is 0 Å². The molecule has 2 heterocycles. The largest absolute Gasteiger partial charge is 0.462 e. The second-order valence-electron chi connectivity index (χ2n) is 9.70. The summed E-state index contributed by atoms with van der Waals surface area (Å²) in [4.78, 5) is 40.1. The summed E-state index contributed by atoms with van der Waals surface area (Å²) in [5.74, 6) is -4.63. The van der Waals surface area contributed by atoms with Crippen LogP contribution in [0.2, 0.25) is 0 Å². The van der Waals surface area contributed by atoms with Crippen molar-refractivity contribution < 1.29 is 56.6 Å². The van der Waals surface area contributed by atoms with Crippen LogP contribution in [0.25, 0.3) is 0 Å². The van der Waals surface area contributed by atoms with E-state index in [1.807, 2.05) is 0 Å². The lowest BCUT2D eigenvalue weighted by Gasteiger charge is -2.23. The number of aliphatic hydroxyl groups is 2. The molecule has 3 rings (SSSR count). The van der Waals surface area contributed by atoms with Gasteiger partial charge in [-0.3, -0.25) is 19.2 Å². The number of aliphatic hydroxyl groups excluding tert-OH is 2. The maximum absolute atomic E-state index is 14.3. The van der Waals surface area contributed by atoms with E-state index < -0.39 is 62.3 Å². The van der Waals surface area contributed by atoms with Crippen LogP contribution in [0.15, 0.2) is 41.3 Å². The molecule has 2 aromatic rings. The molecule has 1 aromatic carbocycles. The first-order valence-corrected chi connectivity index (χ1v) is 14.7. The number of benzene rings is 1. The molecule has 0 saturated carbocycles. The van der Waals surface area contributed by atoms with Crippen LogP contribution in [0, 0.1) is 0 Å². The molecular formula is C25H33F2N4O11P. The number of methoxy groups -OCH3 is 1. The van der Waals surface area contributed by atoms with Crippen LogP contribution < -0.4 is 20.6 Å². The van der Waals surface area contributed by atoms with Gasteiger partial charge in [-0.15, -0.1) is 0 Å². The number of ether oxygens (including phenoxy) is 4. The van der Waals surface area contributed by atoms with E-state index in [9.17, 15) is 32.8 Å². The number of hydrogen-bond acceptors (Lipinski definition) is 12. The fourth-order valence-corrected chi connectivity index (χ4v) is 5.51.